The van der Waals surface area contributed by atoms with Crippen LogP contribution in [-0.2, 0) is 0 Å². The molecule has 0 aromatic rings. The molecule has 2 unspecified atom stereocenters. The Kier molecular flexibility index (Phi) is 1.93. The molecular weight excluding hydrogens is 168 g/mol. The first-order valence-electron chi connectivity index (χ1n) is 3.04. The van der Waals surface area contributed by atoms with Crippen LogP contribution in [0.15, 0.2) is 0 Å². The molecule has 0 aromatic heterocycles. The van der Waals surface area contributed by atoms with E-state index in [0.717, 1.165) is 0 Å². The van der Waals surface area contributed by atoms with Crippen LogP contribution in [0.5, 0.6) is 0 Å². The topological polar surface area (TPSA) is 20.2 Å². The molecule has 0 radical (unpaired) electrons. The van der Waals surface area contributed by atoms with Crippen molar-refractivity contribution in [2.24, 2.45) is 5.92 Å². The van der Waals surface area contributed by atoms with Gasteiger partial charge in [-0.25, -0.2) is 0 Å². The maximum absolute atomic E-state index is 9.22. The highest BCUT2D eigenvalue weighted by molar-refractivity contribution is 9.09. The van der Waals surface area contributed by atoms with E-state index in [9.17, 15) is 5.11 Å². The van der Waals surface area contributed by atoms with E-state index in [1.54, 1.807) is 0 Å². The third kappa shape index (κ3) is 1.46. The van der Waals surface area contributed by atoms with Gasteiger partial charge in [-0.3, -0.25) is 0 Å². The SMILES string of the molecule is CC(Br)C(O)C1CC1. The Labute approximate surface area is 58.2 Å². The van der Waals surface area contributed by atoms with Crippen molar-refractivity contribution in [3.8, 4) is 0 Å². The van der Waals surface area contributed by atoms with Crippen molar-refractivity contribution in [3.63, 3.8) is 0 Å². The number of rotatable bonds is 2. The van der Waals surface area contributed by atoms with Crippen molar-refractivity contribution in [1.29, 1.82) is 0 Å². The maximum Gasteiger partial charge on any atom is 0.0690 e. The zero-order chi connectivity index (χ0) is 6.15. The molecule has 0 bridgehead atoms. The second kappa shape index (κ2) is 2.36. The first-order valence-corrected chi connectivity index (χ1v) is 3.95. The minimum Gasteiger partial charge on any atom is -0.392 e. The van der Waals surface area contributed by atoms with Crippen LogP contribution in [0.2, 0.25) is 0 Å². The monoisotopic (exact) mass is 178 g/mol. The highest BCUT2D eigenvalue weighted by Crippen LogP contribution is 2.35. The fourth-order valence-electron chi connectivity index (χ4n) is 0.813. The van der Waals surface area contributed by atoms with Gasteiger partial charge in [-0.1, -0.05) is 22.9 Å². The summed E-state index contributed by atoms with van der Waals surface area (Å²) in [6, 6.07) is 0. The molecular formula is C6H11BrO. The lowest BCUT2D eigenvalue weighted by molar-refractivity contribution is 0.154. The van der Waals surface area contributed by atoms with E-state index in [-0.39, 0.29) is 10.9 Å². The van der Waals surface area contributed by atoms with Gasteiger partial charge in [0.1, 0.15) is 0 Å². The summed E-state index contributed by atoms with van der Waals surface area (Å²) < 4.78 is 0. The van der Waals surface area contributed by atoms with Gasteiger partial charge in [-0.05, 0) is 18.8 Å². The molecule has 8 heavy (non-hydrogen) atoms. The van der Waals surface area contributed by atoms with Crippen molar-refractivity contribution >= 4 is 15.9 Å². The molecule has 0 amide bonds. The summed E-state index contributed by atoms with van der Waals surface area (Å²) in [6.07, 6.45) is 2.34. The van der Waals surface area contributed by atoms with Gasteiger partial charge in [0.15, 0.2) is 0 Å². The van der Waals surface area contributed by atoms with Crippen molar-refractivity contribution in [2.45, 2.75) is 30.7 Å². The van der Waals surface area contributed by atoms with Crippen molar-refractivity contribution in [3.05, 3.63) is 0 Å². The van der Waals surface area contributed by atoms with Crippen molar-refractivity contribution in [2.75, 3.05) is 0 Å². The van der Waals surface area contributed by atoms with E-state index in [1.807, 2.05) is 6.92 Å². The molecule has 2 heteroatoms. The van der Waals surface area contributed by atoms with Crippen LogP contribution in [0, 0.1) is 5.92 Å². The van der Waals surface area contributed by atoms with Gasteiger partial charge >= 0.3 is 0 Å². The third-order valence-electron chi connectivity index (χ3n) is 1.58. The predicted octanol–water partition coefficient (Wildman–Crippen LogP) is 1.54. The van der Waals surface area contributed by atoms with Crippen LogP contribution in [0.3, 0.4) is 0 Å². The quantitative estimate of drug-likeness (QED) is 0.637. The second-order valence-corrected chi connectivity index (χ2v) is 3.95. The number of hydrogen-bond acceptors (Lipinski definition) is 1. The van der Waals surface area contributed by atoms with Gasteiger partial charge in [0.05, 0.1) is 6.10 Å². The number of alkyl halides is 1. The molecule has 0 aliphatic heterocycles. The summed E-state index contributed by atoms with van der Waals surface area (Å²) in [7, 11) is 0. The zero-order valence-electron chi connectivity index (χ0n) is 4.97. The average molecular weight is 179 g/mol. The van der Waals surface area contributed by atoms with Gasteiger partial charge in [0.2, 0.25) is 0 Å². The molecule has 0 spiro atoms. The van der Waals surface area contributed by atoms with Gasteiger partial charge in [-0.15, -0.1) is 0 Å². The van der Waals surface area contributed by atoms with Crippen molar-refractivity contribution < 1.29 is 5.11 Å². The van der Waals surface area contributed by atoms with Crippen LogP contribution >= 0.6 is 15.9 Å². The van der Waals surface area contributed by atoms with Crippen LogP contribution in [-0.4, -0.2) is 16.0 Å². The highest BCUT2D eigenvalue weighted by atomic mass is 79.9. The van der Waals surface area contributed by atoms with E-state index in [0.29, 0.717) is 5.92 Å². The number of hydrogen-bond donors (Lipinski definition) is 1. The minimum atomic E-state index is -0.102. The molecule has 2 atom stereocenters. The van der Waals surface area contributed by atoms with Crippen molar-refractivity contribution in [1.82, 2.24) is 0 Å². The molecule has 1 saturated carbocycles. The van der Waals surface area contributed by atoms with Gasteiger partial charge in [0, 0.05) is 4.83 Å². The normalized spacial score (nSPS) is 27.4. The summed E-state index contributed by atoms with van der Waals surface area (Å²) in [5.41, 5.74) is 0. The zero-order valence-corrected chi connectivity index (χ0v) is 6.56. The fraction of sp³-hybridized carbons (Fsp3) is 1.00. The lowest BCUT2D eigenvalue weighted by Crippen LogP contribution is -2.18. The maximum atomic E-state index is 9.22. The summed E-state index contributed by atoms with van der Waals surface area (Å²) in [5, 5.41) is 9.22. The molecule has 1 aliphatic rings. The molecule has 0 aromatic carbocycles. The molecule has 1 nitrogen and oxygen atoms in total. The first-order chi connectivity index (χ1) is 3.72. The van der Waals surface area contributed by atoms with E-state index < -0.39 is 0 Å². The third-order valence-corrected chi connectivity index (χ3v) is 2.12. The largest absolute Gasteiger partial charge is 0.392 e. The van der Waals surface area contributed by atoms with Crippen LogP contribution < -0.4 is 0 Å². The van der Waals surface area contributed by atoms with E-state index in [4.69, 9.17) is 0 Å². The standard InChI is InChI=1S/C6H11BrO/c1-4(7)6(8)5-2-3-5/h4-6,8H,2-3H2,1H3. The average Bonchev–Trinajstić information content (AvgIpc) is 2.43. The van der Waals surface area contributed by atoms with Crippen LogP contribution in [0.1, 0.15) is 19.8 Å². The number of halogens is 1. The smallest absolute Gasteiger partial charge is 0.0690 e. The summed E-state index contributed by atoms with van der Waals surface area (Å²) in [4.78, 5) is 0.273. The van der Waals surface area contributed by atoms with Gasteiger partial charge in [-0.2, -0.15) is 0 Å². The van der Waals surface area contributed by atoms with E-state index in [1.165, 1.54) is 12.8 Å². The summed E-state index contributed by atoms with van der Waals surface area (Å²) in [6.45, 7) is 1.99. The van der Waals surface area contributed by atoms with Crippen LogP contribution in [0.25, 0.3) is 0 Å². The molecule has 1 aliphatic carbocycles. The Hall–Kier alpha value is 0.440. The Balaban J connectivity index is 2.22. The summed E-state index contributed by atoms with van der Waals surface area (Å²) in [5.74, 6) is 0.601. The lowest BCUT2D eigenvalue weighted by atomic mass is 10.2. The number of aliphatic hydroxyl groups is 1. The van der Waals surface area contributed by atoms with E-state index in [2.05, 4.69) is 15.9 Å². The Morgan fingerprint density at radius 3 is 2.25 bits per heavy atom. The first kappa shape index (κ1) is 6.56. The molecule has 48 valence electrons. The molecule has 0 saturated heterocycles. The molecule has 1 N–H and O–H groups in total. The Morgan fingerprint density at radius 2 is 2.12 bits per heavy atom. The van der Waals surface area contributed by atoms with Gasteiger partial charge < -0.3 is 5.11 Å². The highest BCUT2D eigenvalue weighted by Gasteiger charge is 2.31. The minimum absolute atomic E-state index is 0.102. The van der Waals surface area contributed by atoms with E-state index >= 15 is 0 Å². The predicted molar refractivity (Wildman–Crippen MR) is 37.1 cm³/mol. The number of aliphatic hydroxyl groups excluding tert-OH is 1. The molecule has 1 fully saturated rings. The Morgan fingerprint density at radius 1 is 1.62 bits per heavy atom. The molecule has 1 rings (SSSR count). The second-order valence-electron chi connectivity index (χ2n) is 2.51. The van der Waals surface area contributed by atoms with Crippen LogP contribution in [0.4, 0.5) is 0 Å². The fourth-order valence-corrected chi connectivity index (χ4v) is 1.24. The summed E-state index contributed by atoms with van der Waals surface area (Å²) >= 11 is 3.33. The molecule has 0 heterocycles. The van der Waals surface area contributed by atoms with Gasteiger partial charge in [0.25, 0.3) is 0 Å². The lowest BCUT2D eigenvalue weighted by Gasteiger charge is -2.09. The Bertz CT molecular complexity index is 76.6.